The lowest BCUT2D eigenvalue weighted by Gasteiger charge is -2.37. The van der Waals surface area contributed by atoms with Crippen LogP contribution < -0.4 is 5.32 Å². The largest absolute Gasteiger partial charge is 0.382 e. The van der Waals surface area contributed by atoms with Gasteiger partial charge in [-0.3, -0.25) is 9.59 Å². The number of rotatable bonds is 5. The molecule has 7 heteroatoms. The summed E-state index contributed by atoms with van der Waals surface area (Å²) >= 11 is 0. The Bertz CT molecular complexity index is 528. The molecule has 1 fully saturated rings. The van der Waals surface area contributed by atoms with Gasteiger partial charge in [-0.1, -0.05) is 5.16 Å². The van der Waals surface area contributed by atoms with Crippen molar-refractivity contribution >= 4 is 11.8 Å². The monoisotopic (exact) mass is 295 g/mol. The maximum atomic E-state index is 12.7. The number of nitrogens with one attached hydrogen (secondary N) is 1. The molecule has 0 aromatic carbocycles. The molecule has 1 aliphatic rings. The molecule has 1 aliphatic heterocycles. The van der Waals surface area contributed by atoms with Crippen molar-refractivity contribution in [3.05, 3.63) is 17.5 Å². The molecule has 1 N–H and O–H groups in total. The number of nitrogens with zero attached hydrogens (tertiary/aromatic N) is 2. The van der Waals surface area contributed by atoms with Crippen LogP contribution in [0.5, 0.6) is 0 Å². The third-order valence-electron chi connectivity index (χ3n) is 4.00. The van der Waals surface area contributed by atoms with Gasteiger partial charge in [0.1, 0.15) is 11.8 Å². The predicted molar refractivity (Wildman–Crippen MR) is 74.8 cm³/mol. The molecule has 116 valence electrons. The van der Waals surface area contributed by atoms with E-state index in [0.717, 1.165) is 12.8 Å². The number of ether oxygens (including phenoxy) is 1. The summed E-state index contributed by atoms with van der Waals surface area (Å²) in [5, 5.41) is 6.36. The second-order valence-electron chi connectivity index (χ2n) is 5.38. The number of carbonyl (C=O) groups excluding carboxylic acids is 2. The molecular weight excluding hydrogens is 274 g/mol. The van der Waals surface area contributed by atoms with E-state index < -0.39 is 5.54 Å². The molecule has 0 spiro atoms. The van der Waals surface area contributed by atoms with E-state index in [1.54, 1.807) is 26.0 Å². The fourth-order valence-corrected chi connectivity index (χ4v) is 2.94. The van der Waals surface area contributed by atoms with Crippen LogP contribution in [0.4, 0.5) is 0 Å². The van der Waals surface area contributed by atoms with Gasteiger partial charge in [-0.15, -0.1) is 0 Å². The summed E-state index contributed by atoms with van der Waals surface area (Å²) in [6.45, 7) is 2.66. The van der Waals surface area contributed by atoms with Gasteiger partial charge < -0.3 is 19.5 Å². The van der Waals surface area contributed by atoms with Gasteiger partial charge in [0.2, 0.25) is 5.91 Å². The number of methoxy groups -OCH3 is 1. The molecule has 0 bridgehead atoms. The van der Waals surface area contributed by atoms with Crippen molar-refractivity contribution in [1.82, 2.24) is 15.4 Å². The molecule has 0 saturated carbocycles. The van der Waals surface area contributed by atoms with E-state index in [0.29, 0.717) is 24.4 Å². The first-order valence-electron chi connectivity index (χ1n) is 6.96. The Hall–Kier alpha value is -1.89. The van der Waals surface area contributed by atoms with E-state index in [1.165, 1.54) is 6.26 Å². The van der Waals surface area contributed by atoms with Crippen LogP contribution in [0, 0.1) is 6.92 Å². The van der Waals surface area contributed by atoms with Crippen LogP contribution in [0.15, 0.2) is 10.8 Å². The van der Waals surface area contributed by atoms with Crippen LogP contribution in [-0.4, -0.2) is 54.7 Å². The minimum Gasteiger partial charge on any atom is -0.382 e. The van der Waals surface area contributed by atoms with E-state index >= 15 is 0 Å². The zero-order valence-electron chi connectivity index (χ0n) is 12.6. The molecule has 2 amide bonds. The van der Waals surface area contributed by atoms with Crippen molar-refractivity contribution < 1.29 is 18.8 Å². The Labute approximate surface area is 123 Å². The van der Waals surface area contributed by atoms with Crippen LogP contribution in [0.25, 0.3) is 0 Å². The molecule has 0 unspecified atom stereocenters. The number of hydrogen-bond acceptors (Lipinski definition) is 5. The molecule has 1 saturated heterocycles. The van der Waals surface area contributed by atoms with E-state index in [-0.39, 0.29) is 18.2 Å². The van der Waals surface area contributed by atoms with Crippen LogP contribution >= 0.6 is 0 Å². The second kappa shape index (κ2) is 6.26. The number of aryl methyl sites for hydroxylation is 1. The Kier molecular flexibility index (Phi) is 4.62. The van der Waals surface area contributed by atoms with Crippen molar-refractivity contribution in [2.45, 2.75) is 31.7 Å². The Morgan fingerprint density at radius 2 is 2.33 bits per heavy atom. The SMILES string of the molecule is CNC(=O)C[C@]1(COC)CCCN1C(=O)c1conc1C. The lowest BCUT2D eigenvalue weighted by atomic mass is 9.91. The second-order valence-corrected chi connectivity index (χ2v) is 5.38. The third-order valence-corrected chi connectivity index (χ3v) is 4.00. The number of hydrogen-bond donors (Lipinski definition) is 1. The van der Waals surface area contributed by atoms with E-state index in [4.69, 9.17) is 9.26 Å². The maximum absolute atomic E-state index is 12.7. The normalized spacial score (nSPS) is 21.6. The van der Waals surface area contributed by atoms with Crippen molar-refractivity contribution in [2.24, 2.45) is 0 Å². The Morgan fingerprint density at radius 3 is 2.90 bits per heavy atom. The summed E-state index contributed by atoms with van der Waals surface area (Å²) in [7, 11) is 3.17. The minimum atomic E-state index is -0.602. The molecule has 1 aromatic heterocycles. The summed E-state index contributed by atoms with van der Waals surface area (Å²) in [5.74, 6) is -0.263. The van der Waals surface area contributed by atoms with Gasteiger partial charge in [0.25, 0.3) is 5.91 Å². The first-order valence-corrected chi connectivity index (χ1v) is 6.96. The first-order chi connectivity index (χ1) is 10.0. The highest BCUT2D eigenvalue weighted by Gasteiger charge is 2.45. The topological polar surface area (TPSA) is 84.7 Å². The zero-order chi connectivity index (χ0) is 15.5. The minimum absolute atomic E-state index is 0.103. The van der Waals surface area contributed by atoms with Crippen molar-refractivity contribution in [3.63, 3.8) is 0 Å². The number of carbonyl (C=O) groups is 2. The molecule has 2 rings (SSSR count). The van der Waals surface area contributed by atoms with Gasteiger partial charge in [-0.2, -0.15) is 0 Å². The van der Waals surface area contributed by atoms with Crippen molar-refractivity contribution in [1.29, 1.82) is 0 Å². The smallest absolute Gasteiger partial charge is 0.259 e. The Balaban J connectivity index is 2.29. The van der Waals surface area contributed by atoms with Gasteiger partial charge in [0, 0.05) is 20.7 Å². The summed E-state index contributed by atoms with van der Waals surface area (Å²) in [5.41, 5.74) is 0.391. The fourth-order valence-electron chi connectivity index (χ4n) is 2.94. The Morgan fingerprint density at radius 1 is 1.57 bits per heavy atom. The highest BCUT2D eigenvalue weighted by atomic mass is 16.5. The third kappa shape index (κ3) is 2.92. The molecule has 1 atom stereocenters. The van der Waals surface area contributed by atoms with Crippen molar-refractivity contribution in [3.8, 4) is 0 Å². The number of amides is 2. The summed E-state index contributed by atoms with van der Waals surface area (Å²) in [4.78, 5) is 26.3. The summed E-state index contributed by atoms with van der Waals surface area (Å²) in [6.07, 6.45) is 3.17. The number of aromatic nitrogens is 1. The molecule has 21 heavy (non-hydrogen) atoms. The molecule has 0 aliphatic carbocycles. The highest BCUT2D eigenvalue weighted by Crippen LogP contribution is 2.34. The maximum Gasteiger partial charge on any atom is 0.259 e. The molecular formula is C14H21N3O4. The van der Waals surface area contributed by atoms with Crippen LogP contribution in [-0.2, 0) is 9.53 Å². The number of likely N-dealkylation sites (tertiary alicyclic amines) is 1. The van der Waals surface area contributed by atoms with E-state index in [2.05, 4.69) is 10.5 Å². The molecule has 0 radical (unpaired) electrons. The van der Waals surface area contributed by atoms with Gasteiger partial charge in [-0.05, 0) is 19.8 Å². The lowest BCUT2D eigenvalue weighted by Crippen LogP contribution is -2.52. The quantitative estimate of drug-likeness (QED) is 0.866. The lowest BCUT2D eigenvalue weighted by molar-refractivity contribution is -0.123. The molecule has 2 heterocycles. The average molecular weight is 295 g/mol. The standard InChI is InChI=1S/C14H21N3O4/c1-10-11(8-21-16-10)13(19)17-6-4-5-14(17,9-20-3)7-12(18)15-2/h8H,4-7,9H2,1-3H3,(H,15,18)/t14-/m0/s1. The van der Waals surface area contributed by atoms with Crippen LogP contribution in [0.1, 0.15) is 35.3 Å². The van der Waals surface area contributed by atoms with Gasteiger partial charge >= 0.3 is 0 Å². The van der Waals surface area contributed by atoms with Gasteiger partial charge in [0.05, 0.1) is 24.3 Å². The van der Waals surface area contributed by atoms with Crippen molar-refractivity contribution in [2.75, 3.05) is 27.3 Å². The van der Waals surface area contributed by atoms with E-state index in [1.807, 2.05) is 0 Å². The average Bonchev–Trinajstić information content (AvgIpc) is 3.05. The molecule has 1 aromatic rings. The predicted octanol–water partition coefficient (Wildman–Crippen LogP) is 0.740. The van der Waals surface area contributed by atoms with Gasteiger partial charge in [-0.25, -0.2) is 0 Å². The highest BCUT2D eigenvalue weighted by molar-refractivity contribution is 5.96. The van der Waals surface area contributed by atoms with Crippen LogP contribution in [0.3, 0.4) is 0 Å². The van der Waals surface area contributed by atoms with Crippen LogP contribution in [0.2, 0.25) is 0 Å². The van der Waals surface area contributed by atoms with Gasteiger partial charge in [0.15, 0.2) is 0 Å². The first kappa shape index (κ1) is 15.5. The zero-order valence-corrected chi connectivity index (χ0v) is 12.6. The molecule has 7 nitrogen and oxygen atoms in total. The van der Waals surface area contributed by atoms with E-state index in [9.17, 15) is 9.59 Å². The fraction of sp³-hybridized carbons (Fsp3) is 0.643. The summed E-state index contributed by atoms with van der Waals surface area (Å²) in [6, 6.07) is 0. The summed E-state index contributed by atoms with van der Waals surface area (Å²) < 4.78 is 10.1.